The van der Waals surface area contributed by atoms with Gasteiger partial charge in [0.1, 0.15) is 5.82 Å². The summed E-state index contributed by atoms with van der Waals surface area (Å²) in [6, 6.07) is 4.37. The van der Waals surface area contributed by atoms with Crippen LogP contribution in [-0.4, -0.2) is 30.9 Å². The molecule has 0 atom stereocenters. The monoisotopic (exact) mass is 256 g/mol. The molecule has 1 N–H and O–H groups in total. The van der Waals surface area contributed by atoms with Gasteiger partial charge in [-0.2, -0.15) is 0 Å². The minimum atomic E-state index is -0.333. The van der Waals surface area contributed by atoms with E-state index >= 15 is 0 Å². The van der Waals surface area contributed by atoms with Crippen molar-refractivity contribution in [2.75, 3.05) is 20.1 Å². The lowest BCUT2D eigenvalue weighted by Crippen LogP contribution is -2.51. The topological polar surface area (TPSA) is 32.3 Å². The van der Waals surface area contributed by atoms with E-state index in [0.717, 1.165) is 0 Å². The van der Waals surface area contributed by atoms with Gasteiger partial charge in [-0.05, 0) is 18.2 Å². The molecule has 1 saturated heterocycles. The Bertz CT molecular complexity index is 435. The minimum absolute atomic E-state index is 0.0299. The Kier molecular flexibility index (Phi) is 3.64. The summed E-state index contributed by atoms with van der Waals surface area (Å²) in [5, 5.41) is 3.52. The van der Waals surface area contributed by atoms with Crippen LogP contribution in [0.25, 0.3) is 0 Å². The number of rotatable bonds is 3. The average Bonchev–Trinajstić information content (AvgIpc) is 2.21. The molecule has 1 aliphatic rings. The van der Waals surface area contributed by atoms with Crippen molar-refractivity contribution in [3.05, 3.63) is 34.6 Å². The number of carbonyl (C=O) groups excluding carboxylic acids is 1. The first-order chi connectivity index (χ1) is 8.08. The Morgan fingerprint density at radius 1 is 1.59 bits per heavy atom. The van der Waals surface area contributed by atoms with Gasteiger partial charge >= 0.3 is 0 Å². The number of amides is 1. The quantitative estimate of drug-likeness (QED) is 0.892. The van der Waals surface area contributed by atoms with Gasteiger partial charge in [-0.25, -0.2) is 4.39 Å². The van der Waals surface area contributed by atoms with Crippen LogP contribution in [0.15, 0.2) is 18.2 Å². The Morgan fingerprint density at radius 2 is 2.29 bits per heavy atom. The predicted molar refractivity (Wildman–Crippen MR) is 64.2 cm³/mol. The van der Waals surface area contributed by atoms with E-state index in [9.17, 15) is 9.18 Å². The highest BCUT2D eigenvalue weighted by molar-refractivity contribution is 6.30. The molecule has 2 rings (SSSR count). The molecular formula is C12H14ClFN2O. The molecule has 0 aromatic heterocycles. The van der Waals surface area contributed by atoms with Crippen LogP contribution in [0.1, 0.15) is 5.56 Å². The van der Waals surface area contributed by atoms with E-state index in [0.29, 0.717) is 23.7 Å². The fourth-order valence-corrected chi connectivity index (χ4v) is 1.97. The van der Waals surface area contributed by atoms with Gasteiger partial charge < -0.3 is 10.2 Å². The number of carbonyl (C=O) groups is 1. The van der Waals surface area contributed by atoms with Gasteiger partial charge in [0.05, 0.1) is 5.92 Å². The molecular weight excluding hydrogens is 243 g/mol. The molecule has 1 aromatic rings. The normalized spacial score (nSPS) is 15.5. The maximum atomic E-state index is 13.5. The van der Waals surface area contributed by atoms with Gasteiger partial charge in [0.15, 0.2) is 0 Å². The molecule has 17 heavy (non-hydrogen) atoms. The second kappa shape index (κ2) is 5.02. The van der Waals surface area contributed by atoms with Crippen LogP contribution in [-0.2, 0) is 11.3 Å². The first kappa shape index (κ1) is 12.3. The molecule has 0 spiro atoms. The maximum Gasteiger partial charge on any atom is 0.228 e. The smallest absolute Gasteiger partial charge is 0.228 e. The van der Waals surface area contributed by atoms with E-state index in [1.807, 2.05) is 0 Å². The number of halogens is 2. The minimum Gasteiger partial charge on any atom is -0.341 e. The Morgan fingerprint density at radius 3 is 2.88 bits per heavy atom. The summed E-state index contributed by atoms with van der Waals surface area (Å²) in [5.74, 6) is -0.258. The van der Waals surface area contributed by atoms with Crippen molar-refractivity contribution in [2.24, 2.45) is 5.92 Å². The summed E-state index contributed by atoms with van der Waals surface area (Å²) in [5.41, 5.74) is 0.445. The predicted octanol–water partition coefficient (Wildman–Crippen LogP) is 1.66. The van der Waals surface area contributed by atoms with Gasteiger partial charge in [-0.1, -0.05) is 11.6 Å². The van der Waals surface area contributed by atoms with Crippen molar-refractivity contribution >= 4 is 17.5 Å². The Hall–Kier alpha value is -1.13. The number of benzene rings is 1. The van der Waals surface area contributed by atoms with E-state index in [1.54, 1.807) is 18.0 Å². The lowest BCUT2D eigenvalue weighted by atomic mass is 10.0. The molecule has 0 radical (unpaired) electrons. The van der Waals surface area contributed by atoms with Crippen LogP contribution in [0, 0.1) is 11.7 Å². The molecule has 0 aliphatic carbocycles. The lowest BCUT2D eigenvalue weighted by Gasteiger charge is -2.30. The molecule has 1 fully saturated rings. The van der Waals surface area contributed by atoms with Crippen molar-refractivity contribution in [3.8, 4) is 0 Å². The van der Waals surface area contributed by atoms with Gasteiger partial charge in [0.25, 0.3) is 0 Å². The Balaban J connectivity index is 2.04. The van der Waals surface area contributed by atoms with Crippen LogP contribution in [0.4, 0.5) is 4.39 Å². The summed E-state index contributed by atoms with van der Waals surface area (Å²) >= 11 is 5.80. The molecule has 1 amide bonds. The van der Waals surface area contributed by atoms with Crippen molar-refractivity contribution in [1.29, 1.82) is 0 Å². The van der Waals surface area contributed by atoms with Crippen molar-refractivity contribution < 1.29 is 9.18 Å². The lowest BCUT2D eigenvalue weighted by molar-refractivity contribution is -0.136. The molecule has 1 aromatic carbocycles. The van der Waals surface area contributed by atoms with Crippen LogP contribution < -0.4 is 5.32 Å². The zero-order chi connectivity index (χ0) is 12.4. The van der Waals surface area contributed by atoms with Crippen LogP contribution in [0.2, 0.25) is 5.02 Å². The summed E-state index contributed by atoms with van der Waals surface area (Å²) in [6.45, 7) is 1.67. The average molecular weight is 257 g/mol. The first-order valence-corrected chi connectivity index (χ1v) is 5.85. The van der Waals surface area contributed by atoms with Crippen molar-refractivity contribution in [3.63, 3.8) is 0 Å². The number of hydrogen-bond donors (Lipinski definition) is 1. The van der Waals surface area contributed by atoms with E-state index in [2.05, 4.69) is 5.32 Å². The van der Waals surface area contributed by atoms with E-state index in [-0.39, 0.29) is 24.2 Å². The maximum absolute atomic E-state index is 13.5. The standard InChI is InChI=1S/C12H14ClFN2O/c1-16(12(17)9-5-15-6-9)7-8-4-10(13)2-3-11(8)14/h2-4,9,15H,5-7H2,1H3. The highest BCUT2D eigenvalue weighted by atomic mass is 35.5. The number of nitrogens with one attached hydrogen (secondary N) is 1. The third kappa shape index (κ3) is 2.76. The third-order valence-corrected chi connectivity index (χ3v) is 3.16. The van der Waals surface area contributed by atoms with Crippen molar-refractivity contribution in [2.45, 2.75) is 6.54 Å². The van der Waals surface area contributed by atoms with E-state index in [1.165, 1.54) is 12.1 Å². The second-order valence-electron chi connectivity index (χ2n) is 4.29. The molecule has 5 heteroatoms. The van der Waals surface area contributed by atoms with Gasteiger partial charge in [-0.3, -0.25) is 4.79 Å². The van der Waals surface area contributed by atoms with Crippen LogP contribution in [0.3, 0.4) is 0 Å². The van der Waals surface area contributed by atoms with E-state index in [4.69, 9.17) is 11.6 Å². The zero-order valence-electron chi connectivity index (χ0n) is 9.54. The molecule has 92 valence electrons. The fourth-order valence-electron chi connectivity index (χ4n) is 1.77. The molecule has 1 heterocycles. The highest BCUT2D eigenvalue weighted by Gasteiger charge is 2.27. The summed E-state index contributed by atoms with van der Waals surface area (Å²) in [7, 11) is 1.68. The fraction of sp³-hybridized carbons (Fsp3) is 0.417. The number of nitrogens with zero attached hydrogens (tertiary/aromatic N) is 1. The molecule has 0 bridgehead atoms. The third-order valence-electron chi connectivity index (χ3n) is 2.92. The molecule has 0 unspecified atom stereocenters. The SMILES string of the molecule is CN(Cc1cc(Cl)ccc1F)C(=O)C1CNC1. The van der Waals surface area contributed by atoms with Crippen LogP contribution in [0.5, 0.6) is 0 Å². The second-order valence-corrected chi connectivity index (χ2v) is 4.72. The summed E-state index contributed by atoms with van der Waals surface area (Å²) in [4.78, 5) is 13.4. The van der Waals surface area contributed by atoms with E-state index < -0.39 is 0 Å². The Labute approximate surface area is 105 Å². The molecule has 0 saturated carbocycles. The van der Waals surface area contributed by atoms with Gasteiger partial charge in [-0.15, -0.1) is 0 Å². The van der Waals surface area contributed by atoms with Gasteiger partial charge in [0, 0.05) is 37.3 Å². The van der Waals surface area contributed by atoms with Crippen LogP contribution >= 0.6 is 11.6 Å². The highest BCUT2D eigenvalue weighted by Crippen LogP contribution is 2.17. The summed E-state index contributed by atoms with van der Waals surface area (Å²) < 4.78 is 13.5. The molecule has 3 nitrogen and oxygen atoms in total. The largest absolute Gasteiger partial charge is 0.341 e. The zero-order valence-corrected chi connectivity index (χ0v) is 10.3. The first-order valence-electron chi connectivity index (χ1n) is 5.47. The van der Waals surface area contributed by atoms with Gasteiger partial charge in [0.2, 0.25) is 5.91 Å². The van der Waals surface area contributed by atoms with Crippen molar-refractivity contribution in [1.82, 2.24) is 10.2 Å². The summed E-state index contributed by atoms with van der Waals surface area (Å²) in [6.07, 6.45) is 0. The molecule has 1 aliphatic heterocycles. The number of hydrogen-bond acceptors (Lipinski definition) is 2.